The van der Waals surface area contributed by atoms with E-state index in [4.69, 9.17) is 23.8 Å². The minimum absolute atomic E-state index is 0.0754. The molecule has 0 atom stereocenters. The van der Waals surface area contributed by atoms with E-state index in [2.05, 4.69) is 5.16 Å². The summed E-state index contributed by atoms with van der Waals surface area (Å²) in [7, 11) is 1.38. The van der Waals surface area contributed by atoms with Crippen LogP contribution in [0.4, 0.5) is 4.39 Å². The normalized spacial score (nSPS) is 12.6. The molecule has 27 heavy (non-hydrogen) atoms. The van der Waals surface area contributed by atoms with Gasteiger partial charge >= 0.3 is 5.97 Å². The van der Waals surface area contributed by atoms with Crippen molar-refractivity contribution in [1.29, 1.82) is 0 Å². The SMILES string of the molecule is COc1ccc(COC(=O)CO/N=C(/C)c2ccc3c(c2)OCO3)cc1F. The Kier molecular flexibility index (Phi) is 5.75. The van der Waals surface area contributed by atoms with Crippen LogP contribution >= 0.6 is 0 Å². The molecule has 0 aromatic heterocycles. The first kappa shape index (κ1) is 18.5. The highest BCUT2D eigenvalue weighted by Crippen LogP contribution is 2.32. The van der Waals surface area contributed by atoms with Crippen molar-refractivity contribution in [2.75, 3.05) is 20.5 Å². The van der Waals surface area contributed by atoms with Crippen molar-refractivity contribution in [3.63, 3.8) is 0 Å². The molecule has 8 heteroatoms. The van der Waals surface area contributed by atoms with Crippen LogP contribution in [0.5, 0.6) is 17.2 Å². The van der Waals surface area contributed by atoms with E-state index in [0.29, 0.717) is 22.8 Å². The number of carbonyl (C=O) groups excluding carboxylic acids is 1. The van der Waals surface area contributed by atoms with Crippen LogP contribution in [-0.2, 0) is 21.0 Å². The zero-order valence-corrected chi connectivity index (χ0v) is 14.9. The van der Waals surface area contributed by atoms with E-state index in [1.807, 2.05) is 6.07 Å². The molecule has 0 saturated carbocycles. The van der Waals surface area contributed by atoms with Crippen molar-refractivity contribution in [1.82, 2.24) is 0 Å². The average Bonchev–Trinajstić information content (AvgIpc) is 3.14. The summed E-state index contributed by atoms with van der Waals surface area (Å²) in [5.74, 6) is 0.292. The lowest BCUT2D eigenvalue weighted by molar-refractivity contribution is -0.150. The van der Waals surface area contributed by atoms with Gasteiger partial charge in [-0.25, -0.2) is 9.18 Å². The summed E-state index contributed by atoms with van der Waals surface area (Å²) in [5.41, 5.74) is 1.85. The molecule has 1 heterocycles. The molecule has 0 saturated heterocycles. The van der Waals surface area contributed by atoms with Crippen LogP contribution < -0.4 is 14.2 Å². The van der Waals surface area contributed by atoms with E-state index < -0.39 is 11.8 Å². The van der Waals surface area contributed by atoms with Crippen molar-refractivity contribution in [3.05, 3.63) is 53.3 Å². The summed E-state index contributed by atoms with van der Waals surface area (Å²) in [6.07, 6.45) is 0. The number of hydrogen-bond donors (Lipinski definition) is 0. The number of methoxy groups -OCH3 is 1. The molecule has 0 bridgehead atoms. The van der Waals surface area contributed by atoms with Gasteiger partial charge in [-0.15, -0.1) is 0 Å². The largest absolute Gasteiger partial charge is 0.494 e. The van der Waals surface area contributed by atoms with Gasteiger partial charge < -0.3 is 23.8 Å². The summed E-state index contributed by atoms with van der Waals surface area (Å²) in [6, 6.07) is 9.69. The second-order valence-electron chi connectivity index (χ2n) is 5.65. The van der Waals surface area contributed by atoms with Gasteiger partial charge in [0.05, 0.1) is 12.8 Å². The number of nitrogens with zero attached hydrogens (tertiary/aromatic N) is 1. The first-order valence-corrected chi connectivity index (χ1v) is 8.11. The van der Waals surface area contributed by atoms with Gasteiger partial charge in [0.2, 0.25) is 13.4 Å². The second-order valence-corrected chi connectivity index (χ2v) is 5.65. The second kappa shape index (κ2) is 8.39. The maximum absolute atomic E-state index is 13.6. The molecule has 0 N–H and O–H groups in total. The minimum Gasteiger partial charge on any atom is -0.494 e. The molecule has 142 valence electrons. The number of benzene rings is 2. The van der Waals surface area contributed by atoms with Crippen molar-refractivity contribution in [3.8, 4) is 17.2 Å². The molecule has 0 unspecified atom stereocenters. The molecule has 0 aliphatic carbocycles. The molecular weight excluding hydrogens is 357 g/mol. The molecule has 0 amide bonds. The lowest BCUT2D eigenvalue weighted by atomic mass is 10.1. The third-order valence-electron chi connectivity index (χ3n) is 3.79. The fraction of sp³-hybridized carbons (Fsp3) is 0.263. The summed E-state index contributed by atoms with van der Waals surface area (Å²) < 4.78 is 34.0. The highest BCUT2D eigenvalue weighted by atomic mass is 19.1. The number of carbonyl (C=O) groups is 1. The monoisotopic (exact) mass is 375 g/mol. The smallest absolute Gasteiger partial charge is 0.347 e. The lowest BCUT2D eigenvalue weighted by Crippen LogP contribution is -2.11. The van der Waals surface area contributed by atoms with Crippen molar-refractivity contribution < 1.29 is 33.0 Å². The van der Waals surface area contributed by atoms with Crippen molar-refractivity contribution >= 4 is 11.7 Å². The van der Waals surface area contributed by atoms with Gasteiger partial charge in [-0.2, -0.15) is 0 Å². The van der Waals surface area contributed by atoms with E-state index in [-0.39, 0.29) is 25.8 Å². The third-order valence-corrected chi connectivity index (χ3v) is 3.79. The van der Waals surface area contributed by atoms with Gasteiger partial charge in [0, 0.05) is 5.56 Å². The number of hydrogen-bond acceptors (Lipinski definition) is 7. The summed E-state index contributed by atoms with van der Waals surface area (Å²) in [6.45, 7) is 1.49. The van der Waals surface area contributed by atoms with E-state index >= 15 is 0 Å². The molecule has 1 aliphatic heterocycles. The summed E-state index contributed by atoms with van der Waals surface area (Å²) in [5, 5.41) is 3.89. The van der Waals surface area contributed by atoms with Crippen LogP contribution in [0.15, 0.2) is 41.6 Å². The van der Waals surface area contributed by atoms with Crippen LogP contribution in [0.2, 0.25) is 0 Å². The van der Waals surface area contributed by atoms with Crippen molar-refractivity contribution in [2.24, 2.45) is 5.16 Å². The first-order chi connectivity index (χ1) is 13.1. The van der Waals surface area contributed by atoms with Crippen LogP contribution in [-0.4, -0.2) is 32.2 Å². The Hall–Kier alpha value is -3.29. The lowest BCUT2D eigenvalue weighted by Gasteiger charge is -2.07. The van der Waals surface area contributed by atoms with E-state index in [1.165, 1.54) is 19.2 Å². The standard InChI is InChI=1S/C19H18FNO6/c1-12(14-4-6-17-18(8-14)26-11-25-17)21-27-10-19(22)24-9-13-3-5-16(23-2)15(20)7-13/h3-8H,9-11H2,1-2H3/b21-12-. The van der Waals surface area contributed by atoms with E-state index in [1.54, 1.807) is 25.1 Å². The number of ether oxygens (including phenoxy) is 4. The highest BCUT2D eigenvalue weighted by Gasteiger charge is 2.14. The molecule has 7 nitrogen and oxygen atoms in total. The Morgan fingerprint density at radius 2 is 2.00 bits per heavy atom. The maximum Gasteiger partial charge on any atom is 0.347 e. The third kappa shape index (κ3) is 4.66. The topological polar surface area (TPSA) is 75.6 Å². The van der Waals surface area contributed by atoms with Gasteiger partial charge in [0.25, 0.3) is 0 Å². The molecule has 2 aromatic carbocycles. The molecule has 0 fully saturated rings. The predicted molar refractivity (Wildman–Crippen MR) is 93.5 cm³/mol. The molecular formula is C19H18FNO6. The number of halogens is 1. The fourth-order valence-electron chi connectivity index (χ4n) is 2.36. The quantitative estimate of drug-likeness (QED) is 0.421. The van der Waals surface area contributed by atoms with Crippen LogP contribution in [0.1, 0.15) is 18.1 Å². The number of oxime groups is 1. The van der Waals surface area contributed by atoms with E-state index in [9.17, 15) is 9.18 Å². The Morgan fingerprint density at radius 1 is 1.19 bits per heavy atom. The summed E-state index contributed by atoms with van der Waals surface area (Å²) in [4.78, 5) is 16.8. The molecule has 0 radical (unpaired) electrons. The molecule has 3 rings (SSSR count). The molecule has 2 aromatic rings. The van der Waals surface area contributed by atoms with Crippen LogP contribution in [0.3, 0.4) is 0 Å². The number of esters is 1. The van der Waals surface area contributed by atoms with Gasteiger partial charge in [-0.3, -0.25) is 0 Å². The minimum atomic E-state index is -0.617. The Balaban J connectivity index is 1.47. The Morgan fingerprint density at radius 3 is 2.78 bits per heavy atom. The van der Waals surface area contributed by atoms with Crippen LogP contribution in [0, 0.1) is 5.82 Å². The van der Waals surface area contributed by atoms with Gasteiger partial charge in [0.1, 0.15) is 6.61 Å². The predicted octanol–water partition coefficient (Wildman–Crippen LogP) is 3.05. The Bertz CT molecular complexity index is 867. The number of rotatable bonds is 7. The van der Waals surface area contributed by atoms with Crippen molar-refractivity contribution in [2.45, 2.75) is 13.5 Å². The van der Waals surface area contributed by atoms with Crippen LogP contribution in [0.25, 0.3) is 0 Å². The molecule has 1 aliphatic rings. The zero-order valence-electron chi connectivity index (χ0n) is 14.9. The van der Waals surface area contributed by atoms with Gasteiger partial charge in [0.15, 0.2) is 23.1 Å². The average molecular weight is 375 g/mol. The van der Waals surface area contributed by atoms with E-state index in [0.717, 1.165) is 5.56 Å². The highest BCUT2D eigenvalue weighted by molar-refractivity contribution is 5.99. The number of fused-ring (bicyclic) bond motifs is 1. The van der Waals surface area contributed by atoms with Gasteiger partial charge in [-0.05, 0) is 42.8 Å². The fourth-order valence-corrected chi connectivity index (χ4v) is 2.36. The van der Waals surface area contributed by atoms with Gasteiger partial charge in [-0.1, -0.05) is 11.2 Å². The maximum atomic E-state index is 13.6. The first-order valence-electron chi connectivity index (χ1n) is 8.11. The Labute approximate surface area is 155 Å². The zero-order chi connectivity index (χ0) is 19.2. The molecule has 0 spiro atoms. The summed E-state index contributed by atoms with van der Waals surface area (Å²) >= 11 is 0.